The number of nitrogens with one attached hydrogen (secondary N) is 1. The predicted molar refractivity (Wildman–Crippen MR) is 69.9 cm³/mol. The van der Waals surface area contributed by atoms with Crippen molar-refractivity contribution in [1.82, 2.24) is 10.2 Å². The smallest absolute Gasteiger partial charge is 0.293 e. The van der Waals surface area contributed by atoms with E-state index in [1.807, 2.05) is 0 Å². The molecule has 1 unspecified atom stereocenters. The highest BCUT2D eigenvalue weighted by Gasteiger charge is 2.14. The normalized spacial score (nSPS) is 12.3. The third-order valence-electron chi connectivity index (χ3n) is 2.55. The van der Waals surface area contributed by atoms with Gasteiger partial charge in [0.05, 0.1) is 6.26 Å². The first-order valence-electron chi connectivity index (χ1n) is 5.89. The lowest BCUT2D eigenvalue weighted by Crippen LogP contribution is -2.10. The van der Waals surface area contributed by atoms with Gasteiger partial charge in [0.25, 0.3) is 5.91 Å². The Morgan fingerprint density at radius 2 is 2.39 bits per heavy atom. The monoisotopic (exact) mass is 265 g/mol. The summed E-state index contributed by atoms with van der Waals surface area (Å²) in [5.74, 6) is 0.348. The van der Waals surface area contributed by atoms with E-state index < -0.39 is 0 Å². The van der Waals surface area contributed by atoms with Crippen molar-refractivity contribution in [3.63, 3.8) is 0 Å². The Hall–Kier alpha value is -1.69. The van der Waals surface area contributed by atoms with Gasteiger partial charge in [-0.15, -0.1) is 10.2 Å². The summed E-state index contributed by atoms with van der Waals surface area (Å²) in [7, 11) is 0. The molecule has 2 rings (SSSR count). The Morgan fingerprint density at radius 1 is 1.56 bits per heavy atom. The maximum Gasteiger partial charge on any atom is 0.293 e. The standard InChI is InChI=1S/C12H15N3O2S/c1-3-5-8(2)11-14-15-12(18-11)13-10(16)9-6-4-7-17-9/h4,6-8H,3,5H2,1-2H3,(H,13,15,16). The molecule has 0 aliphatic carbocycles. The molecule has 2 aromatic rings. The van der Waals surface area contributed by atoms with Gasteiger partial charge in [-0.1, -0.05) is 31.6 Å². The van der Waals surface area contributed by atoms with Gasteiger partial charge in [0.2, 0.25) is 5.13 Å². The summed E-state index contributed by atoms with van der Waals surface area (Å²) in [4.78, 5) is 11.7. The van der Waals surface area contributed by atoms with Crippen LogP contribution >= 0.6 is 11.3 Å². The molecule has 6 heteroatoms. The van der Waals surface area contributed by atoms with Crippen molar-refractivity contribution in [1.29, 1.82) is 0 Å². The van der Waals surface area contributed by atoms with Gasteiger partial charge >= 0.3 is 0 Å². The quantitative estimate of drug-likeness (QED) is 0.900. The van der Waals surface area contributed by atoms with E-state index in [0.29, 0.717) is 11.0 Å². The molecule has 1 N–H and O–H groups in total. The second kappa shape index (κ2) is 5.77. The number of anilines is 1. The maximum absolute atomic E-state index is 11.7. The molecule has 0 saturated heterocycles. The fraction of sp³-hybridized carbons (Fsp3) is 0.417. The summed E-state index contributed by atoms with van der Waals surface area (Å²) < 4.78 is 5.00. The van der Waals surface area contributed by atoms with Crippen molar-refractivity contribution in [3.05, 3.63) is 29.2 Å². The fourth-order valence-electron chi connectivity index (χ4n) is 1.61. The van der Waals surface area contributed by atoms with E-state index in [-0.39, 0.29) is 11.7 Å². The van der Waals surface area contributed by atoms with Crippen LogP contribution in [0.25, 0.3) is 0 Å². The van der Waals surface area contributed by atoms with Crippen LogP contribution in [0, 0.1) is 0 Å². The zero-order valence-corrected chi connectivity index (χ0v) is 11.2. The van der Waals surface area contributed by atoms with Gasteiger partial charge in [-0.25, -0.2) is 0 Å². The largest absolute Gasteiger partial charge is 0.459 e. The number of carbonyl (C=O) groups excluding carboxylic acids is 1. The van der Waals surface area contributed by atoms with E-state index in [1.165, 1.54) is 17.6 Å². The van der Waals surface area contributed by atoms with Crippen LogP contribution in [-0.2, 0) is 0 Å². The molecule has 0 fully saturated rings. The molecule has 1 atom stereocenters. The molecule has 96 valence electrons. The number of hydrogen-bond donors (Lipinski definition) is 1. The number of hydrogen-bond acceptors (Lipinski definition) is 5. The molecule has 0 aliphatic rings. The SMILES string of the molecule is CCCC(C)c1nnc(NC(=O)c2ccco2)s1. The van der Waals surface area contributed by atoms with Crippen LogP contribution in [0.1, 0.15) is 48.2 Å². The number of aromatic nitrogens is 2. The third kappa shape index (κ3) is 2.95. The van der Waals surface area contributed by atoms with Gasteiger partial charge in [-0.3, -0.25) is 10.1 Å². The first kappa shape index (κ1) is 12.8. The van der Waals surface area contributed by atoms with Gasteiger partial charge < -0.3 is 4.42 Å². The van der Waals surface area contributed by atoms with E-state index in [1.54, 1.807) is 12.1 Å². The Kier molecular flexibility index (Phi) is 4.09. The minimum Gasteiger partial charge on any atom is -0.459 e. The lowest BCUT2D eigenvalue weighted by atomic mass is 10.1. The van der Waals surface area contributed by atoms with E-state index in [2.05, 4.69) is 29.4 Å². The van der Waals surface area contributed by atoms with Crippen molar-refractivity contribution in [2.45, 2.75) is 32.6 Å². The molecule has 0 radical (unpaired) electrons. The zero-order chi connectivity index (χ0) is 13.0. The van der Waals surface area contributed by atoms with Crippen LogP contribution < -0.4 is 5.32 Å². The summed E-state index contributed by atoms with van der Waals surface area (Å²) in [5, 5.41) is 12.2. The van der Waals surface area contributed by atoms with Gasteiger partial charge in [-0.05, 0) is 18.6 Å². The molecule has 2 heterocycles. The molecule has 0 aliphatic heterocycles. The third-order valence-corrected chi connectivity index (χ3v) is 3.62. The van der Waals surface area contributed by atoms with Crippen LogP contribution in [0.15, 0.2) is 22.8 Å². The lowest BCUT2D eigenvalue weighted by Gasteiger charge is -2.03. The summed E-state index contributed by atoms with van der Waals surface area (Å²) >= 11 is 1.41. The first-order valence-corrected chi connectivity index (χ1v) is 6.70. The Labute approximate surface area is 109 Å². The van der Waals surface area contributed by atoms with E-state index >= 15 is 0 Å². The summed E-state index contributed by atoms with van der Waals surface area (Å²) in [6.45, 7) is 4.25. The first-order chi connectivity index (χ1) is 8.70. The maximum atomic E-state index is 11.7. The molecular formula is C12H15N3O2S. The zero-order valence-electron chi connectivity index (χ0n) is 10.3. The summed E-state index contributed by atoms with van der Waals surface area (Å²) in [5.41, 5.74) is 0. The van der Waals surface area contributed by atoms with E-state index in [4.69, 9.17) is 4.42 Å². The number of furan rings is 1. The molecule has 0 bridgehead atoms. The average molecular weight is 265 g/mol. The highest BCUT2D eigenvalue weighted by Crippen LogP contribution is 2.26. The number of carbonyl (C=O) groups is 1. The van der Waals surface area contributed by atoms with Crippen molar-refractivity contribution < 1.29 is 9.21 Å². The predicted octanol–water partition coefficient (Wildman–Crippen LogP) is 3.29. The van der Waals surface area contributed by atoms with Crippen LogP contribution in [0.5, 0.6) is 0 Å². The highest BCUT2D eigenvalue weighted by molar-refractivity contribution is 7.15. The molecule has 5 nitrogen and oxygen atoms in total. The van der Waals surface area contributed by atoms with Crippen molar-refractivity contribution in [2.75, 3.05) is 5.32 Å². The molecule has 18 heavy (non-hydrogen) atoms. The highest BCUT2D eigenvalue weighted by atomic mass is 32.1. The van der Waals surface area contributed by atoms with E-state index in [9.17, 15) is 4.79 Å². The average Bonchev–Trinajstić information content (AvgIpc) is 2.99. The molecule has 0 saturated carbocycles. The van der Waals surface area contributed by atoms with Crippen LogP contribution in [0.4, 0.5) is 5.13 Å². The summed E-state index contributed by atoms with van der Waals surface area (Å²) in [6.07, 6.45) is 3.64. The topological polar surface area (TPSA) is 68.0 Å². The van der Waals surface area contributed by atoms with Gasteiger partial charge in [0.1, 0.15) is 5.01 Å². The molecule has 2 aromatic heterocycles. The van der Waals surface area contributed by atoms with E-state index in [0.717, 1.165) is 17.8 Å². The Bertz CT molecular complexity index is 507. The number of amides is 1. The van der Waals surface area contributed by atoms with Gasteiger partial charge in [0.15, 0.2) is 5.76 Å². The van der Waals surface area contributed by atoms with Crippen LogP contribution in [-0.4, -0.2) is 16.1 Å². The second-order valence-corrected chi connectivity index (χ2v) is 5.08. The van der Waals surface area contributed by atoms with Crippen molar-refractivity contribution >= 4 is 22.4 Å². The van der Waals surface area contributed by atoms with Crippen molar-refractivity contribution in [3.8, 4) is 0 Å². The minimum absolute atomic E-state index is 0.272. The number of rotatable bonds is 5. The molecule has 1 amide bonds. The Morgan fingerprint density at radius 3 is 3.06 bits per heavy atom. The molecule has 0 spiro atoms. The van der Waals surface area contributed by atoms with Gasteiger partial charge in [0, 0.05) is 5.92 Å². The lowest BCUT2D eigenvalue weighted by molar-refractivity contribution is 0.0996. The number of nitrogens with zero attached hydrogens (tertiary/aromatic N) is 2. The molecular weight excluding hydrogens is 250 g/mol. The second-order valence-electron chi connectivity index (χ2n) is 4.07. The summed E-state index contributed by atoms with van der Waals surface area (Å²) in [6, 6.07) is 3.28. The van der Waals surface area contributed by atoms with Crippen molar-refractivity contribution in [2.24, 2.45) is 0 Å². The van der Waals surface area contributed by atoms with Crippen LogP contribution in [0.3, 0.4) is 0 Å². The minimum atomic E-state index is -0.300. The Balaban J connectivity index is 2.00. The van der Waals surface area contributed by atoms with Gasteiger partial charge in [-0.2, -0.15) is 0 Å². The van der Waals surface area contributed by atoms with Crippen LogP contribution in [0.2, 0.25) is 0 Å². The fourth-order valence-corrected chi connectivity index (χ4v) is 2.43. The molecule has 0 aromatic carbocycles.